The van der Waals surface area contributed by atoms with Gasteiger partial charge in [0.25, 0.3) is 0 Å². The minimum Gasteiger partial charge on any atom is -0.494 e. The topological polar surface area (TPSA) is 76.7 Å². The molecule has 0 aliphatic carbocycles. The quantitative estimate of drug-likeness (QED) is 0.265. The summed E-state index contributed by atoms with van der Waals surface area (Å²) in [6.45, 7) is 8.78. The van der Waals surface area contributed by atoms with E-state index in [1.807, 2.05) is 19.9 Å². The summed E-state index contributed by atoms with van der Waals surface area (Å²) in [7, 11) is 0. The number of unbranched alkanes of at least 4 members (excludes halogenated alkanes) is 6. The molecule has 2 amide bonds. The zero-order valence-corrected chi connectivity index (χ0v) is 20.5. The molecule has 7 heteroatoms. The molecule has 0 radical (unpaired) electrons. The Balaban J connectivity index is 2.01. The Kier molecular flexibility index (Phi) is 10.9. The highest BCUT2D eigenvalue weighted by atomic mass is 35.5. The molecule has 0 saturated heterocycles. The van der Waals surface area contributed by atoms with E-state index in [0.29, 0.717) is 40.8 Å². The predicted octanol–water partition coefficient (Wildman–Crippen LogP) is 6.30. The molecule has 1 unspecified atom stereocenters. The van der Waals surface area contributed by atoms with E-state index >= 15 is 0 Å². The largest absolute Gasteiger partial charge is 0.494 e. The standard InChI is InChI=1S/C25H37ClN2O4/c1-5-6-7-8-9-10-11-14-31-19-12-13-20(21(26)15-19)23-22(18(4)27-25(30)28-23)24(29)32-16-17(2)3/h12-13,15,17,23H,5-11,14,16H2,1-4H3,(H2,27,28,30). The normalized spacial score (nSPS) is 16.1. The maximum absolute atomic E-state index is 12.7. The average Bonchev–Trinajstić information content (AvgIpc) is 2.73. The van der Waals surface area contributed by atoms with Crippen LogP contribution in [0.5, 0.6) is 5.75 Å². The van der Waals surface area contributed by atoms with Gasteiger partial charge in [-0.15, -0.1) is 0 Å². The smallest absolute Gasteiger partial charge is 0.338 e. The van der Waals surface area contributed by atoms with Gasteiger partial charge < -0.3 is 20.1 Å². The van der Waals surface area contributed by atoms with Crippen LogP contribution in [0.4, 0.5) is 4.79 Å². The second-order valence-electron chi connectivity index (χ2n) is 8.72. The third-order valence-electron chi connectivity index (χ3n) is 5.34. The number of rotatable bonds is 13. The number of hydrogen-bond donors (Lipinski definition) is 2. The minimum atomic E-state index is -0.687. The lowest BCUT2D eigenvalue weighted by Crippen LogP contribution is -2.45. The fourth-order valence-electron chi connectivity index (χ4n) is 3.60. The summed E-state index contributed by atoms with van der Waals surface area (Å²) >= 11 is 6.54. The van der Waals surface area contributed by atoms with Crippen molar-refractivity contribution in [1.29, 1.82) is 0 Å². The van der Waals surface area contributed by atoms with Crippen molar-refractivity contribution in [2.24, 2.45) is 5.92 Å². The Bertz CT molecular complexity index is 807. The highest BCUT2D eigenvalue weighted by molar-refractivity contribution is 6.31. The molecule has 1 heterocycles. The maximum atomic E-state index is 12.7. The van der Waals surface area contributed by atoms with Gasteiger partial charge in [-0.2, -0.15) is 0 Å². The van der Waals surface area contributed by atoms with Crippen molar-refractivity contribution in [3.05, 3.63) is 40.1 Å². The first-order valence-electron chi connectivity index (χ1n) is 11.7. The van der Waals surface area contributed by atoms with Crippen LogP contribution >= 0.6 is 11.6 Å². The van der Waals surface area contributed by atoms with E-state index in [-0.39, 0.29) is 11.9 Å². The summed E-state index contributed by atoms with van der Waals surface area (Å²) in [4.78, 5) is 24.8. The van der Waals surface area contributed by atoms with Gasteiger partial charge in [0.1, 0.15) is 5.75 Å². The van der Waals surface area contributed by atoms with E-state index in [1.165, 1.54) is 32.1 Å². The molecular formula is C25H37ClN2O4. The molecular weight excluding hydrogens is 428 g/mol. The van der Waals surface area contributed by atoms with Gasteiger partial charge in [-0.05, 0) is 37.0 Å². The number of allylic oxidation sites excluding steroid dienone is 1. The van der Waals surface area contributed by atoms with Gasteiger partial charge >= 0.3 is 12.0 Å². The van der Waals surface area contributed by atoms with Crippen LogP contribution in [0.3, 0.4) is 0 Å². The maximum Gasteiger partial charge on any atom is 0.338 e. The fourth-order valence-corrected chi connectivity index (χ4v) is 3.88. The molecule has 0 fully saturated rings. The molecule has 0 spiro atoms. The number of hydrogen-bond acceptors (Lipinski definition) is 4. The van der Waals surface area contributed by atoms with Crippen molar-refractivity contribution in [3.63, 3.8) is 0 Å². The molecule has 2 N–H and O–H groups in total. The van der Waals surface area contributed by atoms with Crippen molar-refractivity contribution in [2.45, 2.75) is 78.7 Å². The van der Waals surface area contributed by atoms with Crippen molar-refractivity contribution in [3.8, 4) is 5.75 Å². The van der Waals surface area contributed by atoms with Gasteiger partial charge in [0.05, 0.1) is 24.8 Å². The van der Waals surface area contributed by atoms with Crippen LogP contribution in [0.1, 0.15) is 84.2 Å². The minimum absolute atomic E-state index is 0.209. The number of halogens is 1. The second-order valence-corrected chi connectivity index (χ2v) is 9.12. The van der Waals surface area contributed by atoms with Crippen LogP contribution < -0.4 is 15.4 Å². The molecule has 0 aromatic heterocycles. The summed E-state index contributed by atoms with van der Waals surface area (Å²) in [5, 5.41) is 5.86. The van der Waals surface area contributed by atoms with E-state index in [2.05, 4.69) is 17.6 Å². The predicted molar refractivity (Wildman–Crippen MR) is 128 cm³/mol. The summed E-state index contributed by atoms with van der Waals surface area (Å²) in [6.07, 6.45) is 8.56. The van der Waals surface area contributed by atoms with Crippen molar-refractivity contribution < 1.29 is 19.1 Å². The molecule has 6 nitrogen and oxygen atoms in total. The Hall–Kier alpha value is -2.21. The van der Waals surface area contributed by atoms with Crippen molar-refractivity contribution in [1.82, 2.24) is 10.6 Å². The van der Waals surface area contributed by atoms with Crippen molar-refractivity contribution >= 4 is 23.6 Å². The first-order chi connectivity index (χ1) is 15.3. The number of amides is 2. The van der Waals surface area contributed by atoms with Crippen LogP contribution in [0, 0.1) is 5.92 Å². The van der Waals surface area contributed by atoms with Gasteiger partial charge in [0, 0.05) is 10.7 Å². The lowest BCUT2D eigenvalue weighted by atomic mass is 9.95. The first-order valence-corrected chi connectivity index (χ1v) is 12.1. The fraction of sp³-hybridized carbons (Fsp3) is 0.600. The zero-order chi connectivity index (χ0) is 23.5. The summed E-state index contributed by atoms with van der Waals surface area (Å²) in [5.74, 6) is 0.416. The number of benzene rings is 1. The number of ether oxygens (including phenoxy) is 2. The number of esters is 1. The van der Waals surface area contributed by atoms with E-state index in [9.17, 15) is 9.59 Å². The lowest BCUT2D eigenvalue weighted by molar-refractivity contribution is -0.140. The van der Waals surface area contributed by atoms with Crippen molar-refractivity contribution in [2.75, 3.05) is 13.2 Å². The summed E-state index contributed by atoms with van der Waals surface area (Å²) in [6, 6.07) is 4.28. The van der Waals surface area contributed by atoms with Crippen LogP contribution in [0.15, 0.2) is 29.5 Å². The number of nitrogens with one attached hydrogen (secondary N) is 2. The van der Waals surface area contributed by atoms with Gasteiger partial charge in [-0.25, -0.2) is 9.59 Å². The molecule has 1 aliphatic heterocycles. The van der Waals surface area contributed by atoms with E-state index in [1.54, 1.807) is 19.1 Å². The summed E-state index contributed by atoms with van der Waals surface area (Å²) < 4.78 is 11.3. The zero-order valence-electron chi connectivity index (χ0n) is 19.8. The van der Waals surface area contributed by atoms with Gasteiger partial charge in [-0.3, -0.25) is 0 Å². The van der Waals surface area contributed by atoms with Crippen LogP contribution in [-0.4, -0.2) is 25.2 Å². The van der Waals surface area contributed by atoms with E-state index in [0.717, 1.165) is 12.8 Å². The van der Waals surface area contributed by atoms with Gasteiger partial charge in [-0.1, -0.05) is 77.0 Å². The average molecular weight is 465 g/mol. The highest BCUT2D eigenvalue weighted by Gasteiger charge is 2.33. The van der Waals surface area contributed by atoms with Crippen LogP contribution in [0.25, 0.3) is 0 Å². The Labute approximate surface area is 197 Å². The second kappa shape index (κ2) is 13.4. The molecule has 1 aliphatic rings. The third kappa shape index (κ3) is 8.05. The molecule has 1 aromatic carbocycles. The first kappa shape index (κ1) is 26.0. The Morgan fingerprint density at radius 1 is 1.12 bits per heavy atom. The van der Waals surface area contributed by atoms with E-state index < -0.39 is 12.0 Å². The molecule has 178 valence electrons. The molecule has 0 saturated carbocycles. The molecule has 0 bridgehead atoms. The lowest BCUT2D eigenvalue weighted by Gasteiger charge is -2.29. The molecule has 1 atom stereocenters. The number of carbonyl (C=O) groups excluding carboxylic acids is 2. The summed E-state index contributed by atoms with van der Waals surface area (Å²) in [5.41, 5.74) is 1.44. The van der Waals surface area contributed by atoms with Gasteiger partial charge in [0.2, 0.25) is 0 Å². The number of carbonyl (C=O) groups is 2. The SMILES string of the molecule is CCCCCCCCCOc1ccc(C2NC(=O)NC(C)=C2C(=O)OCC(C)C)c(Cl)c1. The Morgan fingerprint density at radius 3 is 2.47 bits per heavy atom. The molecule has 32 heavy (non-hydrogen) atoms. The van der Waals surface area contributed by atoms with E-state index in [4.69, 9.17) is 21.1 Å². The Morgan fingerprint density at radius 2 is 1.81 bits per heavy atom. The molecule has 1 aromatic rings. The third-order valence-corrected chi connectivity index (χ3v) is 5.66. The highest BCUT2D eigenvalue weighted by Crippen LogP contribution is 2.34. The van der Waals surface area contributed by atoms with Crippen LogP contribution in [-0.2, 0) is 9.53 Å². The van der Waals surface area contributed by atoms with Crippen LogP contribution in [0.2, 0.25) is 5.02 Å². The molecule has 2 rings (SSSR count). The van der Waals surface area contributed by atoms with Gasteiger partial charge in [0.15, 0.2) is 0 Å². The monoisotopic (exact) mass is 464 g/mol. The number of urea groups is 1.